The molecule has 68 valence electrons. The molecule has 3 heteroatoms. The lowest BCUT2D eigenvalue weighted by Gasteiger charge is -2.07. The lowest BCUT2D eigenvalue weighted by atomic mass is 10.1. The molecule has 0 radical (unpaired) electrons. The molecule has 0 fully saturated rings. The lowest BCUT2D eigenvalue weighted by Crippen LogP contribution is -2.04. The molecular formula is C9H15IN2. The predicted molar refractivity (Wildman–Crippen MR) is 59.4 cm³/mol. The Morgan fingerprint density at radius 1 is 1.50 bits per heavy atom. The zero-order chi connectivity index (χ0) is 9.30. The highest BCUT2D eigenvalue weighted by atomic mass is 127. The summed E-state index contributed by atoms with van der Waals surface area (Å²) in [6, 6.07) is 0. The number of nitrogens with zero attached hydrogens (tertiary/aromatic N) is 2. The minimum Gasteiger partial charge on any atom is -0.268 e. The zero-order valence-corrected chi connectivity index (χ0v) is 10.2. The Balaban J connectivity index is 3.21. The number of hydrogen-bond acceptors (Lipinski definition) is 1. The van der Waals surface area contributed by atoms with Gasteiger partial charge in [-0.15, -0.1) is 0 Å². The van der Waals surface area contributed by atoms with Crippen LogP contribution in [0.15, 0.2) is 0 Å². The molecule has 1 aromatic rings. The molecule has 0 aliphatic heterocycles. The third-order valence-corrected chi connectivity index (χ3v) is 3.27. The van der Waals surface area contributed by atoms with Gasteiger partial charge in [0.15, 0.2) is 0 Å². The van der Waals surface area contributed by atoms with Gasteiger partial charge in [0.25, 0.3) is 0 Å². The molecule has 0 aliphatic rings. The van der Waals surface area contributed by atoms with Crippen molar-refractivity contribution < 1.29 is 0 Å². The zero-order valence-electron chi connectivity index (χ0n) is 8.06. The fraction of sp³-hybridized carbons (Fsp3) is 0.667. The van der Waals surface area contributed by atoms with Gasteiger partial charge in [0.05, 0.1) is 15.0 Å². The Labute approximate surface area is 87.5 Å². The average Bonchev–Trinajstić information content (AvgIpc) is 2.28. The summed E-state index contributed by atoms with van der Waals surface area (Å²) in [4.78, 5) is 0. The van der Waals surface area contributed by atoms with Crippen LogP contribution < -0.4 is 0 Å². The van der Waals surface area contributed by atoms with Gasteiger partial charge >= 0.3 is 0 Å². The van der Waals surface area contributed by atoms with Crippen LogP contribution in [0.3, 0.4) is 0 Å². The Bertz CT molecular complexity index is 276. The number of rotatable bonds is 2. The largest absolute Gasteiger partial charge is 0.268 e. The summed E-state index contributed by atoms with van der Waals surface area (Å²) in [7, 11) is 0. The van der Waals surface area contributed by atoms with E-state index in [0.29, 0.717) is 5.92 Å². The van der Waals surface area contributed by atoms with Crippen molar-refractivity contribution in [2.75, 3.05) is 0 Å². The van der Waals surface area contributed by atoms with E-state index in [2.05, 4.69) is 60.1 Å². The van der Waals surface area contributed by atoms with Crippen molar-refractivity contribution in [3.8, 4) is 0 Å². The fourth-order valence-corrected chi connectivity index (χ4v) is 2.38. The molecule has 0 aliphatic carbocycles. The monoisotopic (exact) mass is 278 g/mol. The topological polar surface area (TPSA) is 17.8 Å². The van der Waals surface area contributed by atoms with E-state index in [1.807, 2.05) is 0 Å². The SMILES string of the molecule is CCn1nc(C)c(I)c1C(C)C. The highest BCUT2D eigenvalue weighted by Crippen LogP contribution is 2.23. The van der Waals surface area contributed by atoms with E-state index in [-0.39, 0.29) is 0 Å². The first-order chi connectivity index (χ1) is 5.57. The molecule has 0 aromatic carbocycles. The second-order valence-corrected chi connectivity index (χ2v) is 4.33. The van der Waals surface area contributed by atoms with Crippen LogP contribution in [0.25, 0.3) is 0 Å². The first-order valence-corrected chi connectivity index (χ1v) is 5.38. The molecule has 0 saturated carbocycles. The molecule has 2 nitrogen and oxygen atoms in total. The second kappa shape index (κ2) is 3.77. The normalized spacial score (nSPS) is 11.2. The molecule has 1 heterocycles. The summed E-state index contributed by atoms with van der Waals surface area (Å²) >= 11 is 2.38. The second-order valence-electron chi connectivity index (χ2n) is 3.26. The van der Waals surface area contributed by atoms with E-state index >= 15 is 0 Å². The maximum atomic E-state index is 4.46. The molecular weight excluding hydrogens is 263 g/mol. The maximum Gasteiger partial charge on any atom is 0.0730 e. The fourth-order valence-electron chi connectivity index (χ4n) is 1.37. The molecule has 0 saturated heterocycles. The van der Waals surface area contributed by atoms with E-state index in [1.165, 1.54) is 9.26 Å². The van der Waals surface area contributed by atoms with Gasteiger partial charge in [0, 0.05) is 6.54 Å². The van der Waals surface area contributed by atoms with Crippen LogP contribution in [0.4, 0.5) is 0 Å². The summed E-state index contributed by atoms with van der Waals surface area (Å²) in [5.41, 5.74) is 2.52. The molecule has 0 unspecified atom stereocenters. The molecule has 1 aromatic heterocycles. The van der Waals surface area contributed by atoms with Crippen LogP contribution in [0.1, 0.15) is 38.1 Å². The third-order valence-electron chi connectivity index (χ3n) is 1.94. The van der Waals surface area contributed by atoms with Crippen LogP contribution >= 0.6 is 22.6 Å². The summed E-state index contributed by atoms with van der Waals surface area (Å²) in [5.74, 6) is 0.568. The van der Waals surface area contributed by atoms with E-state index in [9.17, 15) is 0 Å². The van der Waals surface area contributed by atoms with Crippen molar-refractivity contribution in [3.63, 3.8) is 0 Å². The first kappa shape index (κ1) is 10.0. The molecule has 0 spiro atoms. The van der Waals surface area contributed by atoms with Gasteiger partial charge in [-0.05, 0) is 42.4 Å². The van der Waals surface area contributed by atoms with Gasteiger partial charge in [0.2, 0.25) is 0 Å². The number of halogens is 1. The van der Waals surface area contributed by atoms with Gasteiger partial charge < -0.3 is 0 Å². The maximum absolute atomic E-state index is 4.46. The van der Waals surface area contributed by atoms with Crippen molar-refractivity contribution in [1.29, 1.82) is 0 Å². The standard InChI is InChI=1S/C9H15IN2/c1-5-12-9(6(2)3)8(10)7(4)11-12/h6H,5H2,1-4H3. The van der Waals surface area contributed by atoms with E-state index in [1.54, 1.807) is 0 Å². The van der Waals surface area contributed by atoms with Crippen LogP contribution in [0, 0.1) is 10.5 Å². The van der Waals surface area contributed by atoms with Crippen LogP contribution in [0.2, 0.25) is 0 Å². The van der Waals surface area contributed by atoms with Crippen LogP contribution in [-0.2, 0) is 6.54 Å². The van der Waals surface area contributed by atoms with Gasteiger partial charge in [-0.3, -0.25) is 4.68 Å². The van der Waals surface area contributed by atoms with E-state index < -0.39 is 0 Å². The van der Waals surface area contributed by atoms with Crippen molar-refractivity contribution in [2.45, 2.75) is 40.2 Å². The Morgan fingerprint density at radius 3 is 2.42 bits per heavy atom. The van der Waals surface area contributed by atoms with E-state index in [4.69, 9.17) is 0 Å². The van der Waals surface area contributed by atoms with E-state index in [0.717, 1.165) is 12.2 Å². The van der Waals surface area contributed by atoms with Crippen LogP contribution in [-0.4, -0.2) is 9.78 Å². The molecule has 0 amide bonds. The molecule has 0 bridgehead atoms. The Morgan fingerprint density at radius 2 is 2.08 bits per heavy atom. The minimum absolute atomic E-state index is 0.568. The molecule has 0 N–H and O–H groups in total. The lowest BCUT2D eigenvalue weighted by molar-refractivity contribution is 0.593. The average molecular weight is 278 g/mol. The van der Waals surface area contributed by atoms with Crippen molar-refractivity contribution in [1.82, 2.24) is 9.78 Å². The quantitative estimate of drug-likeness (QED) is 0.760. The number of aromatic nitrogens is 2. The van der Waals surface area contributed by atoms with Crippen molar-refractivity contribution in [3.05, 3.63) is 15.0 Å². The Kier molecular flexibility index (Phi) is 3.15. The molecule has 12 heavy (non-hydrogen) atoms. The van der Waals surface area contributed by atoms with Gasteiger partial charge in [0.1, 0.15) is 0 Å². The third kappa shape index (κ3) is 1.65. The van der Waals surface area contributed by atoms with Gasteiger partial charge in [-0.25, -0.2) is 0 Å². The van der Waals surface area contributed by atoms with Gasteiger partial charge in [-0.1, -0.05) is 13.8 Å². The number of aryl methyl sites for hydroxylation is 2. The van der Waals surface area contributed by atoms with Crippen molar-refractivity contribution >= 4 is 22.6 Å². The first-order valence-electron chi connectivity index (χ1n) is 4.30. The molecule has 1 rings (SSSR count). The van der Waals surface area contributed by atoms with Gasteiger partial charge in [-0.2, -0.15) is 5.10 Å². The summed E-state index contributed by atoms with van der Waals surface area (Å²) < 4.78 is 3.42. The Hall–Kier alpha value is -0.0600. The summed E-state index contributed by atoms with van der Waals surface area (Å²) in [6.07, 6.45) is 0. The van der Waals surface area contributed by atoms with Crippen molar-refractivity contribution in [2.24, 2.45) is 0 Å². The highest BCUT2D eigenvalue weighted by molar-refractivity contribution is 14.1. The predicted octanol–water partition coefficient (Wildman–Crippen LogP) is 2.94. The van der Waals surface area contributed by atoms with Crippen LogP contribution in [0.5, 0.6) is 0 Å². The molecule has 0 atom stereocenters. The smallest absolute Gasteiger partial charge is 0.0730 e. The minimum atomic E-state index is 0.568. The number of hydrogen-bond donors (Lipinski definition) is 0. The summed E-state index contributed by atoms with van der Waals surface area (Å²) in [5, 5.41) is 4.46. The summed E-state index contributed by atoms with van der Waals surface area (Å²) in [6.45, 7) is 9.60. The highest BCUT2D eigenvalue weighted by Gasteiger charge is 2.14.